The summed E-state index contributed by atoms with van der Waals surface area (Å²) < 4.78 is 11.5. The third-order valence-electron chi connectivity index (χ3n) is 3.81. The Morgan fingerprint density at radius 1 is 0.706 bits per heavy atom. The Bertz CT molecular complexity index is 167. The van der Waals surface area contributed by atoms with Crippen LogP contribution in [-0.4, -0.2) is 38.5 Å². The highest BCUT2D eigenvalue weighted by Crippen LogP contribution is 2.21. The molecule has 2 rings (SSSR count). The maximum absolute atomic E-state index is 5.75. The van der Waals surface area contributed by atoms with Crippen molar-refractivity contribution >= 4 is 0 Å². The zero-order valence-electron chi connectivity index (χ0n) is 10.9. The van der Waals surface area contributed by atoms with Crippen molar-refractivity contribution in [3.05, 3.63) is 0 Å². The van der Waals surface area contributed by atoms with E-state index in [2.05, 4.69) is 5.32 Å². The lowest BCUT2D eigenvalue weighted by Crippen LogP contribution is -2.21. The van der Waals surface area contributed by atoms with Crippen molar-refractivity contribution in [1.29, 1.82) is 0 Å². The van der Waals surface area contributed by atoms with E-state index in [9.17, 15) is 0 Å². The van der Waals surface area contributed by atoms with E-state index < -0.39 is 0 Å². The van der Waals surface area contributed by atoms with Crippen molar-refractivity contribution < 1.29 is 9.47 Å². The summed E-state index contributed by atoms with van der Waals surface area (Å²) >= 11 is 0. The minimum absolute atomic E-state index is 0.528. The standard InChI is InChI=1S/C14H26NO2/c1-2-6-13(5-1)16-11-9-15-10-12-17-14-7-3-4-8-14/h13-14H,1-12H2. The van der Waals surface area contributed by atoms with Crippen LogP contribution in [0.3, 0.4) is 0 Å². The van der Waals surface area contributed by atoms with E-state index in [-0.39, 0.29) is 0 Å². The average Bonchev–Trinajstić information content (AvgIpc) is 3.00. The monoisotopic (exact) mass is 240 g/mol. The molecule has 0 aromatic rings. The van der Waals surface area contributed by atoms with Gasteiger partial charge < -0.3 is 9.47 Å². The van der Waals surface area contributed by atoms with Crippen molar-refractivity contribution in [2.45, 2.75) is 63.6 Å². The molecule has 2 aliphatic rings. The first-order valence-electron chi connectivity index (χ1n) is 7.31. The Morgan fingerprint density at radius 3 is 1.53 bits per heavy atom. The summed E-state index contributed by atoms with van der Waals surface area (Å²) in [6.45, 7) is 3.28. The third-order valence-corrected chi connectivity index (χ3v) is 3.81. The highest BCUT2D eigenvalue weighted by Gasteiger charge is 2.15. The molecule has 0 aromatic carbocycles. The molecule has 17 heavy (non-hydrogen) atoms. The fraction of sp³-hybridized carbons (Fsp3) is 1.00. The molecule has 3 heteroatoms. The van der Waals surface area contributed by atoms with Gasteiger partial charge in [-0.25, -0.2) is 5.32 Å². The van der Waals surface area contributed by atoms with Crippen LogP contribution in [0.25, 0.3) is 0 Å². The van der Waals surface area contributed by atoms with Gasteiger partial charge in [-0.2, -0.15) is 0 Å². The van der Waals surface area contributed by atoms with Crippen LogP contribution in [0.2, 0.25) is 0 Å². The second-order valence-electron chi connectivity index (χ2n) is 5.23. The van der Waals surface area contributed by atoms with Crippen LogP contribution >= 0.6 is 0 Å². The van der Waals surface area contributed by atoms with Gasteiger partial charge in [-0.15, -0.1) is 0 Å². The van der Waals surface area contributed by atoms with Crippen molar-refractivity contribution in [3.8, 4) is 0 Å². The van der Waals surface area contributed by atoms with Crippen molar-refractivity contribution in [2.75, 3.05) is 26.3 Å². The first-order chi connectivity index (χ1) is 8.45. The molecule has 1 radical (unpaired) electrons. The van der Waals surface area contributed by atoms with Gasteiger partial charge in [0.1, 0.15) is 0 Å². The molecule has 2 fully saturated rings. The van der Waals surface area contributed by atoms with E-state index in [1.165, 1.54) is 51.4 Å². The SMILES string of the molecule is C1CCC(OCC[N]CCOC2CCCC2)C1. The number of rotatable bonds is 8. The highest BCUT2D eigenvalue weighted by molar-refractivity contribution is 4.67. The number of hydrogen-bond donors (Lipinski definition) is 0. The minimum Gasteiger partial charge on any atom is -0.377 e. The van der Waals surface area contributed by atoms with Gasteiger partial charge in [-0.3, -0.25) is 0 Å². The van der Waals surface area contributed by atoms with Crippen LogP contribution in [0.4, 0.5) is 0 Å². The summed E-state index contributed by atoms with van der Waals surface area (Å²) in [5.41, 5.74) is 0. The molecule has 0 bridgehead atoms. The van der Waals surface area contributed by atoms with Gasteiger partial charge in [0.25, 0.3) is 0 Å². The van der Waals surface area contributed by atoms with Crippen molar-refractivity contribution in [2.24, 2.45) is 0 Å². The summed E-state index contributed by atoms with van der Waals surface area (Å²) in [6, 6.07) is 0. The molecular weight excluding hydrogens is 214 g/mol. The van der Waals surface area contributed by atoms with Gasteiger partial charge in [0.05, 0.1) is 25.4 Å². The quantitative estimate of drug-likeness (QED) is 0.611. The molecule has 0 atom stereocenters. The van der Waals surface area contributed by atoms with Crippen LogP contribution in [0.1, 0.15) is 51.4 Å². The van der Waals surface area contributed by atoms with Crippen LogP contribution in [0.5, 0.6) is 0 Å². The van der Waals surface area contributed by atoms with E-state index in [1.807, 2.05) is 0 Å². The second kappa shape index (κ2) is 8.06. The fourth-order valence-electron chi connectivity index (χ4n) is 2.79. The lowest BCUT2D eigenvalue weighted by Gasteiger charge is -2.12. The van der Waals surface area contributed by atoms with E-state index in [4.69, 9.17) is 9.47 Å². The Kier molecular flexibility index (Phi) is 6.32. The van der Waals surface area contributed by atoms with E-state index in [0.29, 0.717) is 12.2 Å². The summed E-state index contributed by atoms with van der Waals surface area (Å²) in [5.74, 6) is 0. The first-order valence-corrected chi connectivity index (χ1v) is 7.31. The van der Waals surface area contributed by atoms with Crippen LogP contribution in [0.15, 0.2) is 0 Å². The molecule has 99 valence electrons. The summed E-state index contributed by atoms with van der Waals surface area (Å²) in [4.78, 5) is 0. The van der Waals surface area contributed by atoms with Crippen LogP contribution < -0.4 is 5.32 Å². The predicted octanol–water partition coefficient (Wildman–Crippen LogP) is 2.51. The molecule has 0 aliphatic heterocycles. The molecule has 0 amide bonds. The Hall–Kier alpha value is -0.120. The van der Waals surface area contributed by atoms with Crippen LogP contribution in [0, 0.1) is 0 Å². The average molecular weight is 240 g/mol. The first kappa shape index (κ1) is 13.3. The summed E-state index contributed by atoms with van der Waals surface area (Å²) in [6.07, 6.45) is 11.5. The van der Waals surface area contributed by atoms with Gasteiger partial charge in [0, 0.05) is 13.1 Å². The molecular formula is C14H26NO2. The summed E-state index contributed by atoms with van der Waals surface area (Å²) in [7, 11) is 0. The van der Waals surface area contributed by atoms with Gasteiger partial charge in [-0.1, -0.05) is 25.7 Å². The van der Waals surface area contributed by atoms with E-state index in [0.717, 1.165) is 26.3 Å². The second-order valence-corrected chi connectivity index (χ2v) is 5.23. The van der Waals surface area contributed by atoms with Gasteiger partial charge in [0.2, 0.25) is 0 Å². The molecule has 0 saturated heterocycles. The Balaban J connectivity index is 1.33. The number of nitrogens with zero attached hydrogens (tertiary/aromatic N) is 1. The normalized spacial score (nSPS) is 22.6. The lowest BCUT2D eigenvalue weighted by molar-refractivity contribution is 0.0488. The zero-order chi connectivity index (χ0) is 11.8. The van der Waals surface area contributed by atoms with Crippen LogP contribution in [-0.2, 0) is 9.47 Å². The van der Waals surface area contributed by atoms with Gasteiger partial charge >= 0.3 is 0 Å². The maximum atomic E-state index is 5.75. The topological polar surface area (TPSA) is 32.6 Å². The Labute approximate surface area is 105 Å². The fourth-order valence-corrected chi connectivity index (χ4v) is 2.79. The molecule has 0 N–H and O–H groups in total. The van der Waals surface area contributed by atoms with Crippen molar-refractivity contribution in [3.63, 3.8) is 0 Å². The minimum atomic E-state index is 0.528. The Morgan fingerprint density at radius 2 is 1.12 bits per heavy atom. The molecule has 2 aliphatic carbocycles. The third kappa shape index (κ3) is 5.36. The van der Waals surface area contributed by atoms with Gasteiger partial charge in [0.15, 0.2) is 0 Å². The molecule has 0 unspecified atom stereocenters. The van der Waals surface area contributed by atoms with Gasteiger partial charge in [-0.05, 0) is 25.7 Å². The van der Waals surface area contributed by atoms with E-state index in [1.54, 1.807) is 0 Å². The highest BCUT2D eigenvalue weighted by atomic mass is 16.5. The number of hydrogen-bond acceptors (Lipinski definition) is 2. The number of ether oxygens (including phenoxy) is 2. The van der Waals surface area contributed by atoms with E-state index >= 15 is 0 Å². The predicted molar refractivity (Wildman–Crippen MR) is 68.3 cm³/mol. The van der Waals surface area contributed by atoms with Crippen molar-refractivity contribution in [1.82, 2.24) is 5.32 Å². The molecule has 3 nitrogen and oxygen atoms in total. The summed E-state index contributed by atoms with van der Waals surface area (Å²) in [5, 5.41) is 4.44. The molecule has 0 heterocycles. The largest absolute Gasteiger partial charge is 0.377 e. The lowest BCUT2D eigenvalue weighted by atomic mass is 10.3. The maximum Gasteiger partial charge on any atom is 0.0611 e. The zero-order valence-corrected chi connectivity index (χ0v) is 10.9. The smallest absolute Gasteiger partial charge is 0.0611 e. The molecule has 2 saturated carbocycles. The molecule has 0 spiro atoms. The molecule has 0 aromatic heterocycles.